The Balaban J connectivity index is 2.11. The first-order chi connectivity index (χ1) is 8.36. The molecule has 3 rings (SSSR count). The van der Waals surface area contributed by atoms with Gasteiger partial charge in [-0.2, -0.15) is 0 Å². The van der Waals surface area contributed by atoms with Crippen LogP contribution in [0, 0.1) is 0 Å². The lowest BCUT2D eigenvalue weighted by Gasteiger charge is -2.02. The van der Waals surface area contributed by atoms with Gasteiger partial charge in [-0.25, -0.2) is 0 Å². The molecular formula is C16H15N. The molecule has 0 aliphatic rings. The zero-order valence-electron chi connectivity index (χ0n) is 9.90. The van der Waals surface area contributed by atoms with Gasteiger partial charge in [-0.05, 0) is 41.0 Å². The lowest BCUT2D eigenvalue weighted by Crippen LogP contribution is -1.81. The van der Waals surface area contributed by atoms with E-state index in [2.05, 4.69) is 66.5 Å². The summed E-state index contributed by atoms with van der Waals surface area (Å²) in [6, 6.07) is 19.4. The van der Waals surface area contributed by atoms with Crippen LogP contribution in [0.2, 0.25) is 0 Å². The van der Waals surface area contributed by atoms with E-state index >= 15 is 0 Å². The van der Waals surface area contributed by atoms with Gasteiger partial charge in [-0.15, -0.1) is 0 Å². The second-order valence-electron chi connectivity index (χ2n) is 4.31. The van der Waals surface area contributed by atoms with E-state index in [0.717, 1.165) is 6.42 Å². The fraction of sp³-hybridized carbons (Fsp3) is 0.125. The molecule has 0 fully saturated rings. The van der Waals surface area contributed by atoms with Crippen molar-refractivity contribution in [2.24, 2.45) is 0 Å². The zero-order chi connectivity index (χ0) is 11.7. The van der Waals surface area contributed by atoms with Crippen LogP contribution in [-0.4, -0.2) is 4.98 Å². The predicted octanol–water partition coefficient (Wildman–Crippen LogP) is 4.40. The van der Waals surface area contributed by atoms with Gasteiger partial charge in [-0.1, -0.05) is 43.3 Å². The standard InChI is InChI=1S/C16H15N/c1-2-15-9-10-16(17-15)14-8-7-12-5-3-4-6-13(12)11-14/h3-11,17H,2H2,1H3. The van der Waals surface area contributed by atoms with Crippen LogP contribution < -0.4 is 0 Å². The number of aromatic nitrogens is 1. The van der Waals surface area contributed by atoms with Crippen LogP contribution in [0.5, 0.6) is 0 Å². The van der Waals surface area contributed by atoms with E-state index in [1.54, 1.807) is 0 Å². The van der Waals surface area contributed by atoms with Gasteiger partial charge < -0.3 is 4.98 Å². The fourth-order valence-corrected chi connectivity index (χ4v) is 2.17. The summed E-state index contributed by atoms with van der Waals surface area (Å²) in [4.78, 5) is 3.44. The van der Waals surface area contributed by atoms with Gasteiger partial charge in [0.15, 0.2) is 0 Å². The predicted molar refractivity (Wildman–Crippen MR) is 73.1 cm³/mol. The number of fused-ring (bicyclic) bond motifs is 1. The molecule has 0 saturated heterocycles. The Morgan fingerprint density at radius 1 is 0.882 bits per heavy atom. The second-order valence-corrected chi connectivity index (χ2v) is 4.31. The van der Waals surface area contributed by atoms with Crippen molar-refractivity contribution in [1.82, 2.24) is 4.98 Å². The van der Waals surface area contributed by atoms with Crippen LogP contribution in [0.4, 0.5) is 0 Å². The second kappa shape index (κ2) is 4.10. The van der Waals surface area contributed by atoms with Crippen LogP contribution in [0.3, 0.4) is 0 Å². The van der Waals surface area contributed by atoms with Crippen molar-refractivity contribution in [3.05, 3.63) is 60.3 Å². The summed E-state index contributed by atoms with van der Waals surface area (Å²) in [7, 11) is 0. The molecule has 0 atom stereocenters. The molecule has 1 heterocycles. The lowest BCUT2D eigenvalue weighted by atomic mass is 10.1. The van der Waals surface area contributed by atoms with Crippen molar-refractivity contribution >= 4 is 10.8 Å². The first kappa shape index (κ1) is 10.2. The molecule has 1 N–H and O–H groups in total. The van der Waals surface area contributed by atoms with Crippen molar-refractivity contribution in [2.75, 3.05) is 0 Å². The SMILES string of the molecule is CCc1ccc(-c2ccc3ccccc3c2)[nH]1. The van der Waals surface area contributed by atoms with E-state index < -0.39 is 0 Å². The molecule has 84 valence electrons. The first-order valence-corrected chi connectivity index (χ1v) is 6.04. The zero-order valence-corrected chi connectivity index (χ0v) is 9.90. The van der Waals surface area contributed by atoms with E-state index in [9.17, 15) is 0 Å². The quantitative estimate of drug-likeness (QED) is 0.660. The summed E-state index contributed by atoms with van der Waals surface area (Å²) in [5.74, 6) is 0. The number of nitrogens with one attached hydrogen (secondary N) is 1. The fourth-order valence-electron chi connectivity index (χ4n) is 2.17. The Morgan fingerprint density at radius 3 is 2.47 bits per heavy atom. The summed E-state index contributed by atoms with van der Waals surface area (Å²) in [6.45, 7) is 2.16. The molecule has 17 heavy (non-hydrogen) atoms. The number of aromatic amines is 1. The first-order valence-electron chi connectivity index (χ1n) is 6.04. The normalized spacial score (nSPS) is 10.9. The average molecular weight is 221 g/mol. The third kappa shape index (κ3) is 1.84. The highest BCUT2D eigenvalue weighted by atomic mass is 14.7. The maximum atomic E-state index is 3.44. The molecular weight excluding hydrogens is 206 g/mol. The maximum absolute atomic E-state index is 3.44. The summed E-state index contributed by atoms with van der Waals surface area (Å²) in [6.07, 6.45) is 1.05. The number of benzene rings is 2. The highest BCUT2D eigenvalue weighted by Crippen LogP contribution is 2.23. The molecule has 3 aromatic rings. The van der Waals surface area contributed by atoms with Crippen LogP contribution in [-0.2, 0) is 6.42 Å². The Morgan fingerprint density at radius 2 is 1.71 bits per heavy atom. The van der Waals surface area contributed by atoms with Gasteiger partial charge in [0.1, 0.15) is 0 Å². The van der Waals surface area contributed by atoms with Crippen molar-refractivity contribution < 1.29 is 0 Å². The van der Waals surface area contributed by atoms with Gasteiger partial charge >= 0.3 is 0 Å². The van der Waals surface area contributed by atoms with E-state index in [1.165, 1.54) is 27.7 Å². The summed E-state index contributed by atoms with van der Waals surface area (Å²) < 4.78 is 0. The Labute approximate surface area is 101 Å². The van der Waals surface area contributed by atoms with E-state index in [0.29, 0.717) is 0 Å². The van der Waals surface area contributed by atoms with Crippen molar-refractivity contribution in [3.8, 4) is 11.3 Å². The van der Waals surface area contributed by atoms with Crippen LogP contribution in [0.1, 0.15) is 12.6 Å². The third-order valence-corrected chi connectivity index (χ3v) is 3.19. The summed E-state index contributed by atoms with van der Waals surface area (Å²) in [5.41, 5.74) is 3.74. The van der Waals surface area contributed by atoms with Crippen LogP contribution in [0.25, 0.3) is 22.0 Å². The van der Waals surface area contributed by atoms with Gasteiger partial charge in [0.2, 0.25) is 0 Å². The van der Waals surface area contributed by atoms with Gasteiger partial charge in [-0.3, -0.25) is 0 Å². The minimum atomic E-state index is 1.05. The molecule has 0 amide bonds. The molecule has 1 nitrogen and oxygen atoms in total. The number of H-pyrrole nitrogens is 1. The largest absolute Gasteiger partial charge is 0.358 e. The molecule has 0 aliphatic heterocycles. The summed E-state index contributed by atoms with van der Waals surface area (Å²) >= 11 is 0. The van der Waals surface area contributed by atoms with Gasteiger partial charge in [0.05, 0.1) is 0 Å². The smallest absolute Gasteiger partial charge is 0.0456 e. The molecule has 0 unspecified atom stereocenters. The van der Waals surface area contributed by atoms with Crippen molar-refractivity contribution in [2.45, 2.75) is 13.3 Å². The van der Waals surface area contributed by atoms with E-state index in [4.69, 9.17) is 0 Å². The van der Waals surface area contributed by atoms with Crippen molar-refractivity contribution in [1.29, 1.82) is 0 Å². The number of aryl methyl sites for hydroxylation is 1. The highest BCUT2D eigenvalue weighted by Gasteiger charge is 2.01. The molecule has 0 spiro atoms. The number of hydrogen-bond donors (Lipinski definition) is 1. The highest BCUT2D eigenvalue weighted by molar-refractivity contribution is 5.86. The Kier molecular flexibility index (Phi) is 2.45. The molecule has 2 aromatic carbocycles. The minimum Gasteiger partial charge on any atom is -0.358 e. The monoisotopic (exact) mass is 221 g/mol. The average Bonchev–Trinajstić information content (AvgIpc) is 2.87. The molecule has 0 radical (unpaired) electrons. The van der Waals surface area contributed by atoms with Gasteiger partial charge in [0.25, 0.3) is 0 Å². The lowest BCUT2D eigenvalue weighted by molar-refractivity contribution is 1.07. The number of rotatable bonds is 2. The topological polar surface area (TPSA) is 15.8 Å². The van der Waals surface area contributed by atoms with Crippen molar-refractivity contribution in [3.63, 3.8) is 0 Å². The minimum absolute atomic E-state index is 1.05. The molecule has 0 aliphatic carbocycles. The van der Waals surface area contributed by atoms with E-state index in [1.807, 2.05) is 0 Å². The maximum Gasteiger partial charge on any atom is 0.0456 e. The van der Waals surface area contributed by atoms with E-state index in [-0.39, 0.29) is 0 Å². The molecule has 1 aromatic heterocycles. The molecule has 0 bridgehead atoms. The van der Waals surface area contributed by atoms with Crippen LogP contribution in [0.15, 0.2) is 54.6 Å². The van der Waals surface area contributed by atoms with Crippen LogP contribution >= 0.6 is 0 Å². The van der Waals surface area contributed by atoms with Gasteiger partial charge in [0, 0.05) is 11.4 Å². The Hall–Kier alpha value is -2.02. The molecule has 0 saturated carbocycles. The number of hydrogen-bond acceptors (Lipinski definition) is 0. The molecule has 1 heteroatoms. The third-order valence-electron chi connectivity index (χ3n) is 3.19. The summed E-state index contributed by atoms with van der Waals surface area (Å²) in [5, 5.41) is 2.58. The Bertz CT molecular complexity index is 649.